The van der Waals surface area contributed by atoms with Crippen molar-refractivity contribution in [3.8, 4) is 0 Å². The maximum absolute atomic E-state index is 12.6. The van der Waals surface area contributed by atoms with E-state index in [2.05, 4.69) is 4.98 Å². The number of morpholine rings is 1. The third-order valence-corrected chi connectivity index (χ3v) is 5.89. The van der Waals surface area contributed by atoms with Gasteiger partial charge in [0.1, 0.15) is 5.56 Å². The van der Waals surface area contributed by atoms with Crippen LogP contribution in [0.4, 0.5) is 0 Å². The first kappa shape index (κ1) is 17.1. The van der Waals surface area contributed by atoms with Gasteiger partial charge in [-0.3, -0.25) is 9.59 Å². The third kappa shape index (κ3) is 3.38. The molecule has 8 nitrogen and oxygen atoms in total. The molecule has 0 saturated carbocycles. The van der Waals surface area contributed by atoms with E-state index < -0.39 is 15.6 Å². The van der Waals surface area contributed by atoms with Gasteiger partial charge < -0.3 is 14.6 Å². The van der Waals surface area contributed by atoms with Crippen LogP contribution in [-0.2, 0) is 14.8 Å². The van der Waals surface area contributed by atoms with E-state index in [1.165, 1.54) is 22.8 Å². The number of carbonyl (C=O) groups is 1. The minimum Gasteiger partial charge on any atom is -0.375 e. The first-order valence-electron chi connectivity index (χ1n) is 7.93. The molecule has 0 radical (unpaired) electrons. The van der Waals surface area contributed by atoms with Crippen LogP contribution in [0.2, 0.25) is 0 Å². The number of aromatic amines is 1. The molecule has 1 aromatic heterocycles. The largest absolute Gasteiger partial charge is 0.375 e. The SMILES string of the molecule is CS(=O)(=O)N1CCO[C@H]2CCN(C(=O)c3ccc[nH]c3=O)CC[C@H]21. The number of amides is 1. The van der Waals surface area contributed by atoms with Gasteiger partial charge in [0.15, 0.2) is 0 Å². The minimum absolute atomic E-state index is 0.100. The van der Waals surface area contributed by atoms with Crippen LogP contribution in [0.5, 0.6) is 0 Å². The lowest BCUT2D eigenvalue weighted by Gasteiger charge is -2.38. The molecule has 2 fully saturated rings. The fraction of sp³-hybridized carbons (Fsp3) is 0.600. The van der Waals surface area contributed by atoms with Crippen LogP contribution >= 0.6 is 0 Å². The summed E-state index contributed by atoms with van der Waals surface area (Å²) in [6.07, 6.45) is 3.50. The van der Waals surface area contributed by atoms with E-state index in [0.29, 0.717) is 39.1 Å². The smallest absolute Gasteiger partial charge is 0.260 e. The van der Waals surface area contributed by atoms with E-state index in [-0.39, 0.29) is 23.6 Å². The van der Waals surface area contributed by atoms with Gasteiger partial charge in [-0.15, -0.1) is 0 Å². The van der Waals surface area contributed by atoms with E-state index in [1.54, 1.807) is 11.0 Å². The molecule has 0 aromatic carbocycles. The Kier molecular flexibility index (Phi) is 4.75. The topological polar surface area (TPSA) is 99.8 Å². The summed E-state index contributed by atoms with van der Waals surface area (Å²) in [7, 11) is -3.31. The molecule has 2 saturated heterocycles. The molecule has 0 unspecified atom stereocenters. The standard InChI is InChI=1S/C15H21N3O5S/c1-24(21,22)18-9-10-23-13-5-8-17(7-4-12(13)18)15(20)11-3-2-6-16-14(11)19/h2-3,6,12-13H,4-5,7-10H2,1H3,(H,16,19)/t12-,13+/m1/s1. The molecule has 2 aliphatic rings. The molecule has 0 spiro atoms. The Bertz CT molecular complexity index is 775. The van der Waals surface area contributed by atoms with Crippen molar-refractivity contribution in [3.63, 3.8) is 0 Å². The van der Waals surface area contributed by atoms with Gasteiger partial charge in [-0.05, 0) is 25.0 Å². The number of sulfonamides is 1. The molecule has 2 atom stereocenters. The van der Waals surface area contributed by atoms with Crippen LogP contribution < -0.4 is 5.56 Å². The third-order valence-electron chi connectivity index (χ3n) is 4.58. The molecule has 9 heteroatoms. The van der Waals surface area contributed by atoms with Crippen LogP contribution in [0.25, 0.3) is 0 Å². The van der Waals surface area contributed by atoms with Crippen molar-refractivity contribution in [1.82, 2.24) is 14.2 Å². The first-order chi connectivity index (χ1) is 11.4. The van der Waals surface area contributed by atoms with Gasteiger partial charge in [0, 0.05) is 25.8 Å². The van der Waals surface area contributed by atoms with Crippen LogP contribution in [0.15, 0.2) is 23.1 Å². The zero-order valence-electron chi connectivity index (χ0n) is 13.5. The number of H-pyrrole nitrogens is 1. The van der Waals surface area contributed by atoms with Crippen molar-refractivity contribution < 1.29 is 17.9 Å². The Morgan fingerprint density at radius 3 is 2.75 bits per heavy atom. The van der Waals surface area contributed by atoms with Gasteiger partial charge in [-0.2, -0.15) is 4.31 Å². The minimum atomic E-state index is -3.31. The predicted molar refractivity (Wildman–Crippen MR) is 87.3 cm³/mol. The molecule has 0 bridgehead atoms. The van der Waals surface area contributed by atoms with Crippen molar-refractivity contribution in [3.05, 3.63) is 34.2 Å². The number of rotatable bonds is 2. The van der Waals surface area contributed by atoms with Gasteiger partial charge in [0.25, 0.3) is 11.5 Å². The summed E-state index contributed by atoms with van der Waals surface area (Å²) < 4.78 is 31.2. The normalized spacial score (nSPS) is 25.8. The average Bonchev–Trinajstić information content (AvgIpc) is 2.76. The molecule has 0 aliphatic carbocycles. The Labute approximate surface area is 140 Å². The maximum atomic E-state index is 12.6. The number of aromatic nitrogens is 1. The van der Waals surface area contributed by atoms with Crippen molar-refractivity contribution >= 4 is 15.9 Å². The first-order valence-corrected chi connectivity index (χ1v) is 9.78. The number of ether oxygens (including phenoxy) is 1. The fourth-order valence-corrected chi connectivity index (χ4v) is 4.56. The second-order valence-electron chi connectivity index (χ2n) is 6.13. The molecule has 1 amide bonds. The van der Waals surface area contributed by atoms with Gasteiger partial charge in [0.05, 0.1) is 25.0 Å². The summed E-state index contributed by atoms with van der Waals surface area (Å²) in [5.41, 5.74) is -0.318. The zero-order valence-corrected chi connectivity index (χ0v) is 14.3. The quantitative estimate of drug-likeness (QED) is 0.781. The van der Waals surface area contributed by atoms with Gasteiger partial charge in [-0.25, -0.2) is 8.42 Å². The summed E-state index contributed by atoms with van der Waals surface area (Å²) in [5.74, 6) is -0.332. The highest BCUT2D eigenvalue weighted by Gasteiger charge is 2.39. The molecular formula is C15H21N3O5S. The summed E-state index contributed by atoms with van der Waals surface area (Å²) in [5, 5.41) is 0. The lowest BCUT2D eigenvalue weighted by Crippen LogP contribution is -2.53. The van der Waals surface area contributed by atoms with E-state index in [0.717, 1.165) is 0 Å². The van der Waals surface area contributed by atoms with E-state index in [4.69, 9.17) is 4.74 Å². The number of hydrogen-bond donors (Lipinski definition) is 1. The lowest BCUT2D eigenvalue weighted by atomic mass is 10.0. The number of fused-ring (bicyclic) bond motifs is 1. The monoisotopic (exact) mass is 355 g/mol. The number of nitrogens with one attached hydrogen (secondary N) is 1. The molecule has 3 rings (SSSR count). The molecular weight excluding hydrogens is 334 g/mol. The van der Waals surface area contributed by atoms with Crippen molar-refractivity contribution in [2.24, 2.45) is 0 Å². The maximum Gasteiger partial charge on any atom is 0.260 e. The van der Waals surface area contributed by atoms with Crippen LogP contribution in [-0.4, -0.2) is 73.2 Å². The second kappa shape index (κ2) is 6.66. The zero-order chi connectivity index (χ0) is 17.3. The van der Waals surface area contributed by atoms with E-state index >= 15 is 0 Å². The molecule has 1 N–H and O–H groups in total. The molecule has 24 heavy (non-hydrogen) atoms. The number of carbonyl (C=O) groups excluding carboxylic acids is 1. The lowest BCUT2D eigenvalue weighted by molar-refractivity contribution is -0.0406. The van der Waals surface area contributed by atoms with Gasteiger partial charge >= 0.3 is 0 Å². The highest BCUT2D eigenvalue weighted by molar-refractivity contribution is 7.88. The second-order valence-corrected chi connectivity index (χ2v) is 8.07. The van der Waals surface area contributed by atoms with Gasteiger partial charge in [-0.1, -0.05) is 0 Å². The average molecular weight is 355 g/mol. The highest BCUT2D eigenvalue weighted by atomic mass is 32.2. The Hall–Kier alpha value is -1.71. The van der Waals surface area contributed by atoms with Crippen molar-refractivity contribution in [2.75, 3.05) is 32.5 Å². The predicted octanol–water partition coefficient (Wildman–Crippen LogP) is -0.360. The highest BCUT2D eigenvalue weighted by Crippen LogP contribution is 2.26. The number of likely N-dealkylation sites (tertiary alicyclic amines) is 1. The Morgan fingerprint density at radius 2 is 2.04 bits per heavy atom. The molecule has 132 valence electrons. The van der Waals surface area contributed by atoms with Crippen LogP contribution in [0.1, 0.15) is 23.2 Å². The molecule has 1 aromatic rings. The van der Waals surface area contributed by atoms with E-state index in [1.807, 2.05) is 0 Å². The van der Waals surface area contributed by atoms with Crippen LogP contribution in [0, 0.1) is 0 Å². The van der Waals surface area contributed by atoms with Crippen molar-refractivity contribution in [2.45, 2.75) is 25.0 Å². The molecule has 2 aliphatic heterocycles. The Morgan fingerprint density at radius 1 is 1.29 bits per heavy atom. The summed E-state index contributed by atoms with van der Waals surface area (Å²) >= 11 is 0. The number of pyridine rings is 1. The summed E-state index contributed by atoms with van der Waals surface area (Å²) in [6, 6.07) is 2.85. The number of nitrogens with zero attached hydrogens (tertiary/aromatic N) is 2. The molecule has 3 heterocycles. The summed E-state index contributed by atoms with van der Waals surface area (Å²) in [4.78, 5) is 28.5. The summed E-state index contributed by atoms with van der Waals surface area (Å²) in [6.45, 7) is 1.53. The van der Waals surface area contributed by atoms with Gasteiger partial charge in [0.2, 0.25) is 10.0 Å². The fourth-order valence-electron chi connectivity index (χ4n) is 3.42. The number of hydrogen-bond acceptors (Lipinski definition) is 5. The van der Waals surface area contributed by atoms with Crippen molar-refractivity contribution in [1.29, 1.82) is 0 Å². The van der Waals surface area contributed by atoms with Crippen LogP contribution in [0.3, 0.4) is 0 Å². The Balaban J connectivity index is 1.79. The van der Waals surface area contributed by atoms with E-state index in [9.17, 15) is 18.0 Å².